The molecule has 1 aromatic heterocycles. The van der Waals surface area contributed by atoms with Gasteiger partial charge in [0.15, 0.2) is 0 Å². The number of ether oxygens (including phenoxy) is 1. The van der Waals surface area contributed by atoms with E-state index in [0.717, 1.165) is 0 Å². The zero-order valence-electron chi connectivity index (χ0n) is 10.9. The number of benzene rings is 1. The number of amides is 1. The van der Waals surface area contributed by atoms with Crippen LogP contribution in [-0.4, -0.2) is 22.7 Å². The Morgan fingerprint density at radius 1 is 1.30 bits per heavy atom. The normalized spacial score (nSPS) is 10.7. The molecule has 5 nitrogen and oxygen atoms in total. The smallest absolute Gasteiger partial charge is 0.387 e. The lowest BCUT2D eigenvalue weighted by Crippen LogP contribution is -2.13. The summed E-state index contributed by atoms with van der Waals surface area (Å²) in [5, 5.41) is 9.32. The van der Waals surface area contributed by atoms with Crippen molar-refractivity contribution in [3.8, 4) is 5.75 Å². The molecule has 0 atom stereocenters. The van der Waals surface area contributed by atoms with Crippen LogP contribution >= 0.6 is 0 Å². The van der Waals surface area contributed by atoms with Gasteiger partial charge in [-0.25, -0.2) is 0 Å². The lowest BCUT2D eigenvalue weighted by molar-refractivity contribution is -0.0498. The van der Waals surface area contributed by atoms with E-state index < -0.39 is 6.61 Å². The highest BCUT2D eigenvalue weighted by atomic mass is 19.3. The van der Waals surface area contributed by atoms with Gasteiger partial charge in [0.2, 0.25) is 0 Å². The first-order chi connectivity index (χ1) is 9.47. The Labute approximate surface area is 114 Å². The van der Waals surface area contributed by atoms with Crippen LogP contribution < -0.4 is 10.1 Å². The molecular formula is C13H13F2N3O2. The first-order valence-electron chi connectivity index (χ1n) is 5.85. The van der Waals surface area contributed by atoms with Crippen molar-refractivity contribution in [2.24, 2.45) is 0 Å². The van der Waals surface area contributed by atoms with Gasteiger partial charge in [-0.1, -0.05) is 0 Å². The zero-order chi connectivity index (χ0) is 14.7. The lowest BCUT2D eigenvalue weighted by Gasteiger charge is -2.07. The molecule has 1 amide bonds. The second-order valence-corrected chi connectivity index (χ2v) is 4.17. The summed E-state index contributed by atoms with van der Waals surface area (Å²) in [6.07, 6.45) is 0. The first kappa shape index (κ1) is 14.0. The van der Waals surface area contributed by atoms with Crippen molar-refractivity contribution in [3.63, 3.8) is 0 Å². The number of nitrogens with one attached hydrogen (secondary N) is 2. The van der Waals surface area contributed by atoms with Gasteiger partial charge in [-0.2, -0.15) is 13.9 Å². The molecule has 0 saturated heterocycles. The van der Waals surface area contributed by atoms with E-state index in [2.05, 4.69) is 20.3 Å². The van der Waals surface area contributed by atoms with Crippen molar-refractivity contribution in [1.82, 2.24) is 10.2 Å². The number of aromatic nitrogens is 2. The second kappa shape index (κ2) is 5.68. The van der Waals surface area contributed by atoms with Crippen LogP contribution in [0.15, 0.2) is 24.3 Å². The molecule has 106 valence electrons. The third-order valence-corrected chi connectivity index (χ3v) is 2.69. The molecule has 20 heavy (non-hydrogen) atoms. The van der Waals surface area contributed by atoms with Crippen molar-refractivity contribution in [2.75, 3.05) is 5.32 Å². The summed E-state index contributed by atoms with van der Waals surface area (Å²) in [6.45, 7) is 0.596. The highest BCUT2D eigenvalue weighted by molar-refractivity contribution is 6.05. The summed E-state index contributed by atoms with van der Waals surface area (Å²) in [4.78, 5) is 12.1. The molecule has 2 aromatic rings. The van der Waals surface area contributed by atoms with Crippen LogP contribution in [0, 0.1) is 13.8 Å². The molecule has 0 aliphatic heterocycles. The quantitative estimate of drug-likeness (QED) is 0.905. The molecule has 2 N–H and O–H groups in total. The Morgan fingerprint density at radius 3 is 2.45 bits per heavy atom. The maximum atomic E-state index is 12.1. The maximum absolute atomic E-state index is 12.1. The number of rotatable bonds is 4. The topological polar surface area (TPSA) is 67.0 Å². The molecular weight excluding hydrogens is 268 g/mol. The Bertz CT molecular complexity index is 589. The van der Waals surface area contributed by atoms with Gasteiger partial charge in [-0.3, -0.25) is 9.89 Å². The number of carbonyl (C=O) groups is 1. The zero-order valence-corrected chi connectivity index (χ0v) is 10.9. The number of anilines is 1. The fourth-order valence-electron chi connectivity index (χ4n) is 1.80. The average molecular weight is 281 g/mol. The third kappa shape index (κ3) is 3.11. The Hall–Kier alpha value is -2.44. The molecule has 1 heterocycles. The van der Waals surface area contributed by atoms with Crippen molar-refractivity contribution in [3.05, 3.63) is 41.2 Å². The minimum absolute atomic E-state index is 0.0358. The van der Waals surface area contributed by atoms with Gasteiger partial charge in [0.1, 0.15) is 5.75 Å². The van der Waals surface area contributed by atoms with E-state index in [1.165, 1.54) is 24.3 Å². The molecule has 2 rings (SSSR count). The van der Waals surface area contributed by atoms with Crippen molar-refractivity contribution >= 4 is 11.6 Å². The molecule has 0 spiro atoms. The van der Waals surface area contributed by atoms with Crippen LogP contribution in [0.2, 0.25) is 0 Å². The average Bonchev–Trinajstić information content (AvgIpc) is 2.71. The monoisotopic (exact) mass is 281 g/mol. The van der Waals surface area contributed by atoms with Gasteiger partial charge < -0.3 is 10.1 Å². The molecule has 0 aliphatic rings. The van der Waals surface area contributed by atoms with Gasteiger partial charge in [0.25, 0.3) is 5.91 Å². The predicted octanol–water partition coefficient (Wildman–Crippen LogP) is 2.88. The molecule has 7 heteroatoms. The van der Waals surface area contributed by atoms with E-state index in [1.54, 1.807) is 13.8 Å². The van der Waals surface area contributed by atoms with E-state index in [0.29, 0.717) is 22.6 Å². The summed E-state index contributed by atoms with van der Waals surface area (Å²) >= 11 is 0. The number of aromatic amines is 1. The van der Waals surface area contributed by atoms with Crippen LogP contribution in [0.4, 0.5) is 14.5 Å². The highest BCUT2D eigenvalue weighted by Gasteiger charge is 2.15. The largest absolute Gasteiger partial charge is 0.435 e. The Balaban J connectivity index is 2.09. The number of nitrogens with zero attached hydrogens (tertiary/aromatic N) is 1. The first-order valence-corrected chi connectivity index (χ1v) is 5.85. The summed E-state index contributed by atoms with van der Waals surface area (Å²) in [5.74, 6) is -0.273. The van der Waals surface area contributed by atoms with E-state index >= 15 is 0 Å². The number of halogens is 2. The number of aryl methyl sites for hydroxylation is 2. The summed E-state index contributed by atoms with van der Waals surface area (Å²) < 4.78 is 28.2. The third-order valence-electron chi connectivity index (χ3n) is 2.69. The van der Waals surface area contributed by atoms with Gasteiger partial charge in [0.05, 0.1) is 11.3 Å². The predicted molar refractivity (Wildman–Crippen MR) is 69.1 cm³/mol. The van der Waals surface area contributed by atoms with E-state index in [1.807, 2.05) is 0 Å². The van der Waals surface area contributed by atoms with Crippen molar-refractivity contribution in [2.45, 2.75) is 20.5 Å². The van der Waals surface area contributed by atoms with Gasteiger partial charge >= 0.3 is 6.61 Å². The van der Waals surface area contributed by atoms with E-state index in [4.69, 9.17) is 0 Å². The lowest BCUT2D eigenvalue weighted by atomic mass is 10.2. The number of carbonyl (C=O) groups excluding carboxylic acids is 1. The maximum Gasteiger partial charge on any atom is 0.387 e. The minimum Gasteiger partial charge on any atom is -0.435 e. The van der Waals surface area contributed by atoms with Crippen molar-refractivity contribution in [1.29, 1.82) is 0 Å². The fourth-order valence-corrected chi connectivity index (χ4v) is 1.80. The summed E-state index contributed by atoms with van der Waals surface area (Å²) in [5.41, 5.74) is 2.21. The molecule has 0 aliphatic carbocycles. The molecule has 0 saturated carbocycles. The Morgan fingerprint density at radius 2 is 1.95 bits per heavy atom. The SMILES string of the molecule is Cc1n[nH]c(C)c1C(=O)Nc1ccc(OC(F)F)cc1. The van der Waals surface area contributed by atoms with Gasteiger partial charge in [0, 0.05) is 11.4 Å². The van der Waals surface area contributed by atoms with E-state index in [-0.39, 0.29) is 11.7 Å². The minimum atomic E-state index is -2.87. The summed E-state index contributed by atoms with van der Waals surface area (Å²) in [6, 6.07) is 5.69. The summed E-state index contributed by atoms with van der Waals surface area (Å²) in [7, 11) is 0. The van der Waals surface area contributed by atoms with Crippen LogP contribution in [0.5, 0.6) is 5.75 Å². The number of alkyl halides is 2. The van der Waals surface area contributed by atoms with Gasteiger partial charge in [-0.05, 0) is 38.1 Å². The van der Waals surface area contributed by atoms with Crippen molar-refractivity contribution < 1.29 is 18.3 Å². The highest BCUT2D eigenvalue weighted by Crippen LogP contribution is 2.19. The molecule has 0 radical (unpaired) electrons. The van der Waals surface area contributed by atoms with E-state index in [9.17, 15) is 13.6 Å². The number of hydrogen-bond acceptors (Lipinski definition) is 3. The number of H-pyrrole nitrogens is 1. The molecule has 0 fully saturated rings. The molecule has 0 bridgehead atoms. The van der Waals surface area contributed by atoms with Crippen LogP contribution in [0.3, 0.4) is 0 Å². The standard InChI is InChI=1S/C13H13F2N3O2/c1-7-11(8(2)18-17-7)12(19)16-9-3-5-10(6-4-9)20-13(14)15/h3-6,13H,1-2H3,(H,16,19)(H,17,18). The fraction of sp³-hybridized carbons (Fsp3) is 0.231. The molecule has 1 aromatic carbocycles. The van der Waals surface area contributed by atoms with Gasteiger partial charge in [-0.15, -0.1) is 0 Å². The van der Waals surface area contributed by atoms with Crippen LogP contribution in [0.25, 0.3) is 0 Å². The van der Waals surface area contributed by atoms with Crippen LogP contribution in [0.1, 0.15) is 21.7 Å². The Kier molecular flexibility index (Phi) is 3.97. The molecule has 0 unspecified atom stereocenters. The van der Waals surface area contributed by atoms with Crippen LogP contribution in [-0.2, 0) is 0 Å². The second-order valence-electron chi connectivity index (χ2n) is 4.17. The number of hydrogen-bond donors (Lipinski definition) is 2.